The van der Waals surface area contributed by atoms with E-state index in [1.807, 2.05) is 6.92 Å². The third-order valence-electron chi connectivity index (χ3n) is 2.33. The molecule has 0 aromatic rings. The monoisotopic (exact) mass is 271 g/mol. The van der Waals surface area contributed by atoms with Gasteiger partial charge in [0.05, 0.1) is 12.0 Å². The maximum Gasteiger partial charge on any atom is 0.338 e. The Kier molecular flexibility index (Phi) is 8.36. The predicted octanol–water partition coefficient (Wildman–Crippen LogP) is 2.39. The van der Waals surface area contributed by atoms with Crippen LogP contribution < -0.4 is 0 Å². The second-order valence-electron chi connectivity index (χ2n) is 3.56. The summed E-state index contributed by atoms with van der Waals surface area (Å²) in [5, 5.41) is 0. The van der Waals surface area contributed by atoms with Crippen LogP contribution in [0.15, 0.2) is 0 Å². The smallest absolute Gasteiger partial charge is 0.253 e. The number of hydrogen-bond donors (Lipinski definition) is 0. The van der Waals surface area contributed by atoms with E-state index in [1.165, 1.54) is 4.31 Å². The fourth-order valence-corrected chi connectivity index (χ4v) is 2.91. The number of alkyl halides is 1. The number of unbranched alkanes of at least 4 members (excludes halogenated alkanes) is 1. The third kappa shape index (κ3) is 5.48. The highest BCUT2D eigenvalue weighted by atomic mass is 35.5. The van der Waals surface area contributed by atoms with Gasteiger partial charge in [0.15, 0.2) is 0 Å². The summed E-state index contributed by atoms with van der Waals surface area (Å²) in [6.45, 7) is 6.45. The molecular weight excluding hydrogens is 250 g/mol. The van der Waals surface area contributed by atoms with E-state index in [1.54, 1.807) is 13.8 Å². The Morgan fingerprint density at radius 1 is 1.25 bits per heavy atom. The molecule has 0 radical (unpaired) electrons. The van der Waals surface area contributed by atoms with Gasteiger partial charge in [-0.05, 0) is 6.42 Å². The third-order valence-corrected chi connectivity index (χ3v) is 4.34. The van der Waals surface area contributed by atoms with Crippen molar-refractivity contribution in [2.75, 3.05) is 19.0 Å². The van der Waals surface area contributed by atoms with E-state index in [4.69, 9.17) is 15.8 Å². The van der Waals surface area contributed by atoms with Gasteiger partial charge in [0.25, 0.3) is 0 Å². The van der Waals surface area contributed by atoms with Crippen LogP contribution in [0.25, 0.3) is 0 Å². The standard InChI is InChI=1S/C10H22ClNO3S/c1-4-7-8-10(9-11)15-16(13,14)12(5-2)6-3/h10H,4-9H2,1-3H3. The summed E-state index contributed by atoms with van der Waals surface area (Å²) < 4.78 is 29.9. The highest BCUT2D eigenvalue weighted by Gasteiger charge is 2.23. The molecule has 0 fully saturated rings. The molecule has 0 aromatic carbocycles. The van der Waals surface area contributed by atoms with Gasteiger partial charge >= 0.3 is 10.3 Å². The molecule has 0 N–H and O–H groups in total. The van der Waals surface area contributed by atoms with Crippen molar-refractivity contribution in [3.63, 3.8) is 0 Å². The molecule has 0 amide bonds. The molecule has 16 heavy (non-hydrogen) atoms. The molecule has 0 aliphatic rings. The molecule has 98 valence electrons. The topological polar surface area (TPSA) is 46.6 Å². The van der Waals surface area contributed by atoms with Crippen LogP contribution in [0.3, 0.4) is 0 Å². The Hall–Kier alpha value is 0.160. The summed E-state index contributed by atoms with van der Waals surface area (Å²) in [5.41, 5.74) is 0. The Morgan fingerprint density at radius 3 is 2.19 bits per heavy atom. The summed E-state index contributed by atoms with van der Waals surface area (Å²) in [6.07, 6.45) is 2.19. The van der Waals surface area contributed by atoms with Gasteiger partial charge in [0.2, 0.25) is 0 Å². The Morgan fingerprint density at radius 2 is 1.81 bits per heavy atom. The van der Waals surface area contributed by atoms with Gasteiger partial charge in [-0.3, -0.25) is 4.18 Å². The first-order chi connectivity index (χ1) is 7.51. The van der Waals surface area contributed by atoms with Crippen LogP contribution >= 0.6 is 11.6 Å². The van der Waals surface area contributed by atoms with Crippen molar-refractivity contribution in [3.8, 4) is 0 Å². The maximum atomic E-state index is 11.8. The average molecular weight is 272 g/mol. The Labute approximate surface area is 104 Å². The zero-order valence-corrected chi connectivity index (χ0v) is 11.9. The quantitative estimate of drug-likeness (QED) is 0.605. The summed E-state index contributed by atoms with van der Waals surface area (Å²) in [4.78, 5) is 0. The fraction of sp³-hybridized carbons (Fsp3) is 1.00. The molecular formula is C10H22ClNO3S. The summed E-state index contributed by atoms with van der Waals surface area (Å²) >= 11 is 5.69. The number of hydrogen-bond acceptors (Lipinski definition) is 3. The molecule has 1 unspecified atom stereocenters. The van der Waals surface area contributed by atoms with Crippen LogP contribution in [0.5, 0.6) is 0 Å². The molecule has 0 spiro atoms. The first kappa shape index (κ1) is 16.2. The van der Waals surface area contributed by atoms with Crippen molar-refractivity contribution in [3.05, 3.63) is 0 Å². The summed E-state index contributed by atoms with van der Waals surface area (Å²) in [5.74, 6) is 0.209. The number of rotatable bonds is 9. The lowest BCUT2D eigenvalue weighted by Crippen LogP contribution is -2.35. The van der Waals surface area contributed by atoms with Crippen LogP contribution in [0.1, 0.15) is 40.0 Å². The van der Waals surface area contributed by atoms with Gasteiger partial charge in [-0.15, -0.1) is 11.6 Å². The number of nitrogens with zero attached hydrogens (tertiary/aromatic N) is 1. The molecule has 0 saturated carbocycles. The maximum absolute atomic E-state index is 11.8. The molecule has 0 saturated heterocycles. The molecule has 1 atom stereocenters. The highest BCUT2D eigenvalue weighted by molar-refractivity contribution is 7.84. The molecule has 0 aromatic heterocycles. The second-order valence-corrected chi connectivity index (χ2v) is 5.43. The minimum atomic E-state index is -3.62. The number of halogens is 1. The molecule has 6 heteroatoms. The SMILES string of the molecule is CCCCC(CCl)OS(=O)(=O)N(CC)CC. The summed E-state index contributed by atoms with van der Waals surface area (Å²) in [7, 11) is -3.62. The molecule has 4 nitrogen and oxygen atoms in total. The van der Waals surface area contributed by atoms with Crippen LogP contribution in [-0.4, -0.2) is 37.8 Å². The molecule has 0 aliphatic carbocycles. The first-order valence-corrected chi connectivity index (χ1v) is 7.66. The van der Waals surface area contributed by atoms with Gasteiger partial charge in [0.1, 0.15) is 0 Å². The van der Waals surface area contributed by atoms with Crippen molar-refractivity contribution in [1.82, 2.24) is 4.31 Å². The van der Waals surface area contributed by atoms with Crippen LogP contribution in [0.2, 0.25) is 0 Å². The van der Waals surface area contributed by atoms with E-state index in [9.17, 15) is 8.42 Å². The largest absolute Gasteiger partial charge is 0.338 e. The molecule has 0 aliphatic heterocycles. The van der Waals surface area contributed by atoms with Crippen LogP contribution in [-0.2, 0) is 14.5 Å². The van der Waals surface area contributed by atoms with Gasteiger partial charge in [-0.25, -0.2) is 0 Å². The van der Waals surface area contributed by atoms with Crippen molar-refractivity contribution >= 4 is 21.9 Å². The lowest BCUT2D eigenvalue weighted by molar-refractivity contribution is 0.194. The first-order valence-electron chi connectivity index (χ1n) is 5.76. The van der Waals surface area contributed by atoms with E-state index in [-0.39, 0.29) is 5.88 Å². The lowest BCUT2D eigenvalue weighted by atomic mass is 10.2. The molecule has 0 rings (SSSR count). The van der Waals surface area contributed by atoms with Gasteiger partial charge < -0.3 is 0 Å². The van der Waals surface area contributed by atoms with Gasteiger partial charge in [-0.1, -0.05) is 33.6 Å². The van der Waals surface area contributed by atoms with Crippen molar-refractivity contribution < 1.29 is 12.6 Å². The minimum Gasteiger partial charge on any atom is -0.253 e. The Bertz CT molecular complexity index is 265. The van der Waals surface area contributed by atoms with E-state index >= 15 is 0 Å². The second kappa shape index (κ2) is 8.28. The average Bonchev–Trinajstić information content (AvgIpc) is 2.25. The van der Waals surface area contributed by atoms with Gasteiger partial charge in [-0.2, -0.15) is 12.7 Å². The normalized spacial score (nSPS) is 14.3. The predicted molar refractivity (Wildman–Crippen MR) is 67.0 cm³/mol. The van der Waals surface area contributed by atoms with Crippen molar-refractivity contribution in [1.29, 1.82) is 0 Å². The minimum absolute atomic E-state index is 0.209. The van der Waals surface area contributed by atoms with Crippen LogP contribution in [0, 0.1) is 0 Å². The lowest BCUT2D eigenvalue weighted by Gasteiger charge is -2.21. The van der Waals surface area contributed by atoms with E-state index in [2.05, 4.69) is 0 Å². The fourth-order valence-electron chi connectivity index (χ4n) is 1.36. The zero-order chi connectivity index (χ0) is 12.6. The van der Waals surface area contributed by atoms with Gasteiger partial charge in [0, 0.05) is 13.1 Å². The van der Waals surface area contributed by atoms with E-state index in [0.29, 0.717) is 19.5 Å². The zero-order valence-electron chi connectivity index (χ0n) is 10.3. The Balaban J connectivity index is 4.41. The van der Waals surface area contributed by atoms with E-state index < -0.39 is 16.4 Å². The summed E-state index contributed by atoms with van der Waals surface area (Å²) in [6, 6.07) is 0. The molecule has 0 bridgehead atoms. The van der Waals surface area contributed by atoms with Crippen molar-refractivity contribution in [2.45, 2.75) is 46.1 Å². The van der Waals surface area contributed by atoms with Crippen LogP contribution in [0.4, 0.5) is 0 Å². The molecule has 0 heterocycles. The van der Waals surface area contributed by atoms with E-state index in [0.717, 1.165) is 12.8 Å². The van der Waals surface area contributed by atoms with Crippen molar-refractivity contribution in [2.24, 2.45) is 0 Å². The highest BCUT2D eigenvalue weighted by Crippen LogP contribution is 2.13.